The maximum atomic E-state index is 12.0. The highest BCUT2D eigenvalue weighted by Gasteiger charge is 2.01. The first kappa shape index (κ1) is 8.33. The fourth-order valence-corrected chi connectivity index (χ4v) is 1.08. The molecule has 0 atom stereocenters. The van der Waals surface area contributed by atoms with Crippen LogP contribution >= 0.6 is 15.9 Å². The lowest BCUT2D eigenvalue weighted by Gasteiger charge is -2.04. The second kappa shape index (κ2) is 3.57. The number of halogens is 2. The van der Waals surface area contributed by atoms with Gasteiger partial charge >= 0.3 is 0 Å². The van der Waals surface area contributed by atoms with Gasteiger partial charge in [-0.1, -0.05) is 15.9 Å². The van der Waals surface area contributed by atoms with E-state index in [-0.39, 0.29) is 0 Å². The number of hydrogen-bond donors (Lipinski definition) is 1. The molecule has 0 aliphatic heterocycles. The van der Waals surface area contributed by atoms with Gasteiger partial charge < -0.3 is 4.74 Å². The number of nitrogens with one attached hydrogen (secondary N) is 1. The van der Waals surface area contributed by atoms with Crippen LogP contribution in [0.5, 0.6) is 5.75 Å². The molecule has 4 heteroatoms. The number of methoxy groups -OCH3 is 1. The zero-order valence-electron chi connectivity index (χ0n) is 5.90. The van der Waals surface area contributed by atoms with E-state index in [0.717, 1.165) is 4.47 Å². The molecule has 1 N–H and O–H groups in total. The van der Waals surface area contributed by atoms with E-state index in [0.29, 0.717) is 11.4 Å². The second-order valence-electron chi connectivity index (χ2n) is 1.94. The summed E-state index contributed by atoms with van der Waals surface area (Å²) in [6.07, 6.45) is 0. The number of hydrogen-bond acceptors (Lipinski definition) is 2. The molecule has 2 nitrogen and oxygen atoms in total. The van der Waals surface area contributed by atoms with Crippen molar-refractivity contribution in [2.45, 2.75) is 0 Å². The Bertz CT molecular complexity index is 254. The molecular formula is C7H7BrFNO. The summed E-state index contributed by atoms with van der Waals surface area (Å²) in [4.78, 5) is 0. The number of rotatable bonds is 2. The summed E-state index contributed by atoms with van der Waals surface area (Å²) in [6.45, 7) is 0. The summed E-state index contributed by atoms with van der Waals surface area (Å²) < 4.78 is 17.7. The van der Waals surface area contributed by atoms with Crippen molar-refractivity contribution < 1.29 is 9.22 Å². The molecule has 0 heterocycles. The third kappa shape index (κ3) is 1.83. The third-order valence-corrected chi connectivity index (χ3v) is 1.76. The summed E-state index contributed by atoms with van der Waals surface area (Å²) in [7, 11) is 1.49. The Morgan fingerprint density at radius 2 is 2.27 bits per heavy atom. The van der Waals surface area contributed by atoms with Crippen molar-refractivity contribution in [3.63, 3.8) is 0 Å². The smallest absolute Gasteiger partial charge is 0.145 e. The third-order valence-electron chi connectivity index (χ3n) is 1.27. The first-order valence-electron chi connectivity index (χ1n) is 2.98. The van der Waals surface area contributed by atoms with Crippen LogP contribution < -0.4 is 10.3 Å². The minimum atomic E-state index is 0.329. The fourth-order valence-electron chi connectivity index (χ4n) is 0.743. The first-order valence-corrected chi connectivity index (χ1v) is 3.77. The maximum absolute atomic E-state index is 12.0. The Morgan fingerprint density at radius 1 is 1.55 bits per heavy atom. The van der Waals surface area contributed by atoms with E-state index >= 15 is 0 Å². The molecule has 0 radical (unpaired) electrons. The number of ether oxygens (including phenoxy) is 1. The Labute approximate surface area is 72.4 Å². The monoisotopic (exact) mass is 219 g/mol. The molecule has 11 heavy (non-hydrogen) atoms. The van der Waals surface area contributed by atoms with E-state index < -0.39 is 0 Å². The van der Waals surface area contributed by atoms with Crippen molar-refractivity contribution in [3.05, 3.63) is 22.7 Å². The van der Waals surface area contributed by atoms with Crippen molar-refractivity contribution in [3.8, 4) is 5.75 Å². The minimum Gasteiger partial charge on any atom is -0.494 e. The summed E-state index contributed by atoms with van der Waals surface area (Å²) in [5, 5.41) is 0. The number of anilines is 1. The SMILES string of the molecule is COc1cc(Br)ccc1NF. The standard InChI is InChI=1S/C7H7BrFNO/c1-11-7-4-5(8)2-3-6(7)10-9/h2-4,10H,1H3. The van der Waals surface area contributed by atoms with Crippen LogP contribution in [0.1, 0.15) is 0 Å². The predicted octanol–water partition coefficient (Wildman–Crippen LogP) is 2.75. The average molecular weight is 220 g/mol. The molecule has 0 saturated heterocycles. The lowest BCUT2D eigenvalue weighted by atomic mass is 10.3. The van der Waals surface area contributed by atoms with Gasteiger partial charge in [0.15, 0.2) is 0 Å². The van der Waals surface area contributed by atoms with Gasteiger partial charge in [-0.3, -0.25) is 0 Å². The number of benzene rings is 1. The van der Waals surface area contributed by atoms with Gasteiger partial charge in [-0.15, -0.1) is 4.48 Å². The van der Waals surface area contributed by atoms with E-state index in [1.54, 1.807) is 18.2 Å². The average Bonchev–Trinajstić information content (AvgIpc) is 2.04. The molecule has 1 aromatic rings. The van der Waals surface area contributed by atoms with Gasteiger partial charge in [-0.2, -0.15) is 0 Å². The van der Waals surface area contributed by atoms with Crippen molar-refractivity contribution in [1.29, 1.82) is 0 Å². The largest absolute Gasteiger partial charge is 0.494 e. The van der Waals surface area contributed by atoms with Gasteiger partial charge in [0.1, 0.15) is 11.4 Å². The normalized spacial score (nSPS) is 9.36. The van der Waals surface area contributed by atoms with Crippen molar-refractivity contribution in [2.24, 2.45) is 0 Å². The molecular weight excluding hydrogens is 213 g/mol. The van der Waals surface area contributed by atoms with E-state index in [4.69, 9.17) is 4.74 Å². The zero-order chi connectivity index (χ0) is 8.27. The summed E-state index contributed by atoms with van der Waals surface area (Å²) in [5.74, 6) is 0.474. The lowest BCUT2D eigenvalue weighted by molar-refractivity contribution is 0.413. The molecule has 0 spiro atoms. The van der Waals surface area contributed by atoms with Crippen LogP contribution in [-0.4, -0.2) is 7.11 Å². The highest BCUT2D eigenvalue weighted by Crippen LogP contribution is 2.27. The van der Waals surface area contributed by atoms with Crippen LogP contribution in [-0.2, 0) is 0 Å². The summed E-state index contributed by atoms with van der Waals surface area (Å²) in [5.41, 5.74) is 1.86. The molecule has 1 rings (SSSR count). The topological polar surface area (TPSA) is 21.3 Å². The molecule has 0 aromatic heterocycles. The van der Waals surface area contributed by atoms with Crippen molar-refractivity contribution in [1.82, 2.24) is 0 Å². The molecule has 0 unspecified atom stereocenters. The molecule has 0 aliphatic carbocycles. The molecule has 1 aromatic carbocycles. The predicted molar refractivity (Wildman–Crippen MR) is 45.4 cm³/mol. The van der Waals surface area contributed by atoms with Crippen molar-refractivity contribution >= 4 is 21.6 Å². The van der Waals surface area contributed by atoms with Gasteiger partial charge in [-0.25, -0.2) is 5.54 Å². The van der Waals surface area contributed by atoms with Gasteiger partial charge in [0.2, 0.25) is 0 Å². The van der Waals surface area contributed by atoms with E-state index in [9.17, 15) is 4.48 Å². The quantitative estimate of drug-likeness (QED) is 0.773. The molecule has 0 amide bonds. The van der Waals surface area contributed by atoms with Gasteiger partial charge in [0.25, 0.3) is 0 Å². The Balaban J connectivity index is 3.06. The minimum absolute atomic E-state index is 0.329. The molecule has 0 aliphatic rings. The second-order valence-corrected chi connectivity index (χ2v) is 2.85. The van der Waals surface area contributed by atoms with Crippen molar-refractivity contribution in [2.75, 3.05) is 12.6 Å². The lowest BCUT2D eigenvalue weighted by Crippen LogP contribution is -1.89. The van der Waals surface area contributed by atoms with Crippen LogP contribution in [0.15, 0.2) is 22.7 Å². The maximum Gasteiger partial charge on any atom is 0.145 e. The first-order chi connectivity index (χ1) is 5.27. The van der Waals surface area contributed by atoms with Gasteiger partial charge in [0, 0.05) is 4.47 Å². The molecule has 60 valence electrons. The zero-order valence-corrected chi connectivity index (χ0v) is 7.48. The highest BCUT2D eigenvalue weighted by molar-refractivity contribution is 9.10. The van der Waals surface area contributed by atoms with Gasteiger partial charge in [0.05, 0.1) is 7.11 Å². The van der Waals surface area contributed by atoms with E-state index in [1.807, 2.05) is 0 Å². The van der Waals surface area contributed by atoms with Crippen LogP contribution in [0.25, 0.3) is 0 Å². The Morgan fingerprint density at radius 3 is 2.82 bits per heavy atom. The Kier molecular flexibility index (Phi) is 2.70. The van der Waals surface area contributed by atoms with Crippen LogP contribution in [0.2, 0.25) is 0 Å². The molecule has 0 bridgehead atoms. The molecule has 0 saturated carbocycles. The van der Waals surface area contributed by atoms with Crippen LogP contribution in [0, 0.1) is 0 Å². The summed E-state index contributed by atoms with van der Waals surface area (Å²) in [6, 6.07) is 5.00. The van der Waals surface area contributed by atoms with Gasteiger partial charge in [-0.05, 0) is 18.2 Å². The van der Waals surface area contributed by atoms with E-state index in [1.165, 1.54) is 12.6 Å². The Hall–Kier alpha value is -0.770. The fraction of sp³-hybridized carbons (Fsp3) is 0.143. The highest BCUT2D eigenvalue weighted by atomic mass is 79.9. The van der Waals surface area contributed by atoms with Crippen LogP contribution in [0.4, 0.5) is 10.2 Å². The van der Waals surface area contributed by atoms with E-state index in [2.05, 4.69) is 15.9 Å². The molecule has 0 fully saturated rings. The summed E-state index contributed by atoms with van der Waals surface area (Å²) >= 11 is 3.24. The van der Waals surface area contributed by atoms with Crippen LogP contribution in [0.3, 0.4) is 0 Å².